The first-order chi connectivity index (χ1) is 30.3. The van der Waals surface area contributed by atoms with Crippen LogP contribution in [-0.2, 0) is 53.6 Å². The van der Waals surface area contributed by atoms with Crippen LogP contribution in [0.15, 0.2) is 118 Å². The summed E-state index contributed by atoms with van der Waals surface area (Å²) in [5.74, 6) is -0.520. The van der Waals surface area contributed by atoms with E-state index in [4.69, 9.17) is 23.2 Å². The summed E-state index contributed by atoms with van der Waals surface area (Å²) in [6.07, 6.45) is 5.72. The molecule has 0 spiro atoms. The number of nitrogens with one attached hydrogen (secondary N) is 1. The Balaban J connectivity index is 0.000000173. The minimum atomic E-state index is -3.52. The van der Waals surface area contributed by atoms with E-state index in [1.165, 1.54) is 34.8 Å². The van der Waals surface area contributed by atoms with Gasteiger partial charge in [-0.15, -0.1) is 22.7 Å². The Labute approximate surface area is 383 Å². The molecule has 9 rings (SSSR count). The van der Waals surface area contributed by atoms with Crippen molar-refractivity contribution >= 4 is 100 Å². The van der Waals surface area contributed by atoms with Crippen molar-refractivity contribution in [3.63, 3.8) is 0 Å². The van der Waals surface area contributed by atoms with Crippen molar-refractivity contribution in [2.24, 2.45) is 0 Å². The van der Waals surface area contributed by atoms with E-state index in [9.17, 15) is 31.5 Å². The van der Waals surface area contributed by atoms with Crippen LogP contribution in [0.1, 0.15) is 34.0 Å². The van der Waals surface area contributed by atoms with Crippen LogP contribution in [0.4, 0.5) is 22.7 Å². The molecule has 6 aromatic rings. The quantitative estimate of drug-likeness (QED) is 0.118. The molecule has 1 fully saturated rings. The highest BCUT2D eigenvalue weighted by atomic mass is 35.5. The van der Waals surface area contributed by atoms with Gasteiger partial charge in [0, 0.05) is 82.2 Å². The lowest BCUT2D eigenvalue weighted by atomic mass is 10.1. The van der Waals surface area contributed by atoms with Crippen molar-refractivity contribution in [2.45, 2.75) is 59.1 Å². The molecular formula is C44H42Cl2N6O7S4. The minimum Gasteiger partial charge on any atom is -0.396 e. The van der Waals surface area contributed by atoms with Crippen LogP contribution in [0.3, 0.4) is 0 Å². The fourth-order valence-corrected chi connectivity index (χ4v) is 13.2. The van der Waals surface area contributed by atoms with Crippen LogP contribution < -0.4 is 20.0 Å². The van der Waals surface area contributed by atoms with Gasteiger partial charge in [0.1, 0.15) is 33.6 Å². The number of aromatic nitrogens is 2. The molecular weight excluding hydrogens is 924 g/mol. The fourth-order valence-electron chi connectivity index (χ4n) is 8.19. The zero-order valence-electron chi connectivity index (χ0n) is 33.6. The number of carbonyl (C=O) groups excluding carboxylic acids is 2. The zero-order chi connectivity index (χ0) is 44.3. The number of fused-ring (bicyclic) bond motifs is 2. The SMILES string of the molecule is O=C(Nc1ccc(S(=O)(=O)Cc2nccs2)cc1)[C@H](CCO)N1CCc2c(Cl)cccc21.O=C1[C@@H](N2CCc3c(Cl)cccc32)CCN1c1ccc(S(=O)(=O)Cc2nccs2)cc1. The smallest absolute Gasteiger partial charge is 0.249 e. The molecule has 0 aliphatic carbocycles. The van der Waals surface area contributed by atoms with Crippen LogP contribution in [0.25, 0.3) is 0 Å². The highest BCUT2D eigenvalue weighted by molar-refractivity contribution is 7.91. The number of rotatable bonds is 13. The third-order valence-electron chi connectivity index (χ3n) is 11.2. The van der Waals surface area contributed by atoms with Crippen molar-refractivity contribution in [3.8, 4) is 0 Å². The third kappa shape index (κ3) is 9.79. The number of sulfone groups is 2. The summed E-state index contributed by atoms with van der Waals surface area (Å²) in [7, 11) is -7.00. The number of aliphatic hydroxyl groups is 1. The van der Waals surface area contributed by atoms with Crippen LogP contribution >= 0.6 is 45.9 Å². The molecule has 2 atom stereocenters. The van der Waals surface area contributed by atoms with Crippen molar-refractivity contribution < 1.29 is 31.5 Å². The number of nitrogens with zero attached hydrogens (tertiary/aromatic N) is 5. The maximum atomic E-state index is 13.2. The molecule has 0 radical (unpaired) electrons. The average Bonchev–Trinajstić information content (AvgIpc) is 4.13. The van der Waals surface area contributed by atoms with Gasteiger partial charge in [-0.25, -0.2) is 26.8 Å². The molecule has 0 bridgehead atoms. The zero-order valence-corrected chi connectivity index (χ0v) is 38.4. The first-order valence-electron chi connectivity index (χ1n) is 20.1. The molecule has 328 valence electrons. The molecule has 1 saturated heterocycles. The number of halogens is 2. The Morgan fingerprint density at radius 2 is 1.32 bits per heavy atom. The van der Waals surface area contributed by atoms with Gasteiger partial charge < -0.3 is 25.1 Å². The van der Waals surface area contributed by atoms with E-state index in [0.29, 0.717) is 39.5 Å². The largest absolute Gasteiger partial charge is 0.396 e. The molecule has 0 unspecified atom stereocenters. The molecule has 2 aromatic heterocycles. The van der Waals surface area contributed by atoms with Gasteiger partial charge in [-0.3, -0.25) is 9.59 Å². The second-order valence-electron chi connectivity index (χ2n) is 15.1. The van der Waals surface area contributed by atoms with Crippen molar-refractivity contribution in [1.82, 2.24) is 9.97 Å². The summed E-state index contributed by atoms with van der Waals surface area (Å²) in [6.45, 7) is 1.86. The van der Waals surface area contributed by atoms with Gasteiger partial charge in [0.15, 0.2) is 19.7 Å². The first-order valence-corrected chi connectivity index (χ1v) is 25.9. The van der Waals surface area contributed by atoms with Gasteiger partial charge in [0.2, 0.25) is 11.8 Å². The Morgan fingerprint density at radius 1 is 0.762 bits per heavy atom. The summed E-state index contributed by atoms with van der Waals surface area (Å²) < 4.78 is 50.4. The van der Waals surface area contributed by atoms with Crippen molar-refractivity contribution in [1.29, 1.82) is 0 Å². The number of aliphatic hydroxyl groups excluding tert-OH is 1. The maximum absolute atomic E-state index is 13.2. The average molecular weight is 966 g/mol. The lowest BCUT2D eigenvalue weighted by molar-refractivity contribution is -0.118. The highest BCUT2D eigenvalue weighted by Crippen LogP contribution is 2.38. The van der Waals surface area contributed by atoms with E-state index in [0.717, 1.165) is 53.3 Å². The molecule has 2 amide bonds. The highest BCUT2D eigenvalue weighted by Gasteiger charge is 2.39. The summed E-state index contributed by atoms with van der Waals surface area (Å²) in [5.41, 5.74) is 5.24. The number of amides is 2. The maximum Gasteiger partial charge on any atom is 0.249 e. The number of carbonyl (C=O) groups is 2. The summed E-state index contributed by atoms with van der Waals surface area (Å²) in [6, 6.07) is 23.3. The predicted molar refractivity (Wildman–Crippen MR) is 249 cm³/mol. The fraction of sp³-hybridized carbons (Fsp3) is 0.273. The summed E-state index contributed by atoms with van der Waals surface area (Å²) in [5, 5.41) is 18.4. The standard InChI is InChI=1S/C22H22ClN3O4S2.C22H20ClN3O3S2/c23-18-2-1-3-19-17(18)8-11-26(19)20(9-12-27)22(28)25-15-4-6-16(7-5-15)32(29,30)14-21-24-10-13-31-21;23-18-2-1-3-19-17(18)8-11-26(19)20-9-12-25(22(20)27)15-4-6-16(7-5-15)31(28,29)14-21-24-10-13-30-21/h1-7,10,13,20,27H,8-9,11-12,14H2,(H,25,28);1-7,10,13,20H,8-9,11-12,14H2/t2*20-/m00/s1. The van der Waals surface area contributed by atoms with E-state index < -0.39 is 25.7 Å². The Morgan fingerprint density at radius 3 is 1.89 bits per heavy atom. The van der Waals surface area contributed by atoms with E-state index in [1.807, 2.05) is 41.3 Å². The molecule has 13 nitrogen and oxygen atoms in total. The van der Waals surface area contributed by atoms with Gasteiger partial charge in [-0.2, -0.15) is 0 Å². The van der Waals surface area contributed by atoms with Gasteiger partial charge >= 0.3 is 0 Å². The molecule has 63 heavy (non-hydrogen) atoms. The van der Waals surface area contributed by atoms with Crippen molar-refractivity contribution in [3.05, 3.63) is 139 Å². The van der Waals surface area contributed by atoms with Gasteiger partial charge in [-0.1, -0.05) is 35.3 Å². The third-order valence-corrected chi connectivity index (χ3v) is 17.2. The van der Waals surface area contributed by atoms with Crippen LogP contribution in [0.5, 0.6) is 0 Å². The predicted octanol–water partition coefficient (Wildman–Crippen LogP) is 7.46. The van der Waals surface area contributed by atoms with E-state index >= 15 is 0 Å². The molecule has 5 heterocycles. The number of benzene rings is 4. The van der Waals surface area contributed by atoms with Crippen LogP contribution in [0.2, 0.25) is 10.0 Å². The summed E-state index contributed by atoms with van der Waals surface area (Å²) >= 11 is 15.2. The van der Waals surface area contributed by atoms with E-state index in [-0.39, 0.29) is 52.2 Å². The van der Waals surface area contributed by atoms with Crippen molar-refractivity contribution in [2.75, 3.05) is 46.3 Å². The number of anilines is 4. The minimum absolute atomic E-state index is 0.0335. The van der Waals surface area contributed by atoms with Crippen LogP contribution in [-0.4, -0.2) is 82.0 Å². The summed E-state index contributed by atoms with van der Waals surface area (Å²) in [4.78, 5) is 40.6. The number of thiazole rings is 2. The van der Waals surface area contributed by atoms with Gasteiger partial charge in [0.25, 0.3) is 0 Å². The second kappa shape index (κ2) is 19.1. The lowest BCUT2D eigenvalue weighted by Crippen LogP contribution is -2.44. The lowest BCUT2D eigenvalue weighted by Gasteiger charge is -2.29. The molecule has 2 N–H and O–H groups in total. The Kier molecular flexibility index (Phi) is 13.5. The Bertz CT molecular complexity index is 2810. The molecule has 0 saturated carbocycles. The monoisotopic (exact) mass is 964 g/mol. The van der Waals surface area contributed by atoms with Crippen LogP contribution in [0, 0.1) is 0 Å². The number of hydrogen-bond donors (Lipinski definition) is 2. The van der Waals surface area contributed by atoms with Gasteiger partial charge in [0.05, 0.1) is 9.79 Å². The normalized spacial score (nSPS) is 16.4. The molecule has 4 aromatic carbocycles. The van der Waals surface area contributed by atoms with E-state index in [2.05, 4.69) is 20.2 Å². The molecule has 19 heteroatoms. The first kappa shape index (κ1) is 44.7. The number of hydrogen-bond acceptors (Lipinski definition) is 13. The van der Waals surface area contributed by atoms with Gasteiger partial charge in [-0.05, 0) is 110 Å². The molecule has 3 aliphatic rings. The molecule has 3 aliphatic heterocycles. The topological polar surface area (TPSA) is 170 Å². The van der Waals surface area contributed by atoms with E-state index in [1.54, 1.807) is 64.5 Å². The second-order valence-corrected chi connectivity index (χ2v) is 21.8. The Hall–Kier alpha value is -4.88.